The fourth-order valence-electron chi connectivity index (χ4n) is 3.74. The fourth-order valence-corrected chi connectivity index (χ4v) is 3.95. The number of benzene rings is 2. The zero-order chi connectivity index (χ0) is 26.9. The molecule has 0 aliphatic carbocycles. The van der Waals surface area contributed by atoms with Gasteiger partial charge in [0.2, 0.25) is 17.7 Å². The standard InChI is InChI=1S/C24H19ClF2N4O6/c1-13(33)30-19-8-14(2-5-18(19)31(24(30)36)20(34)6-7-32)10-29-12-28-22(21(25)23(29)35)37-11-15-3-4-16(26)9-17(15)27/h2-5,8-9,12,32H,6-7,10-11H2,1H3. The van der Waals surface area contributed by atoms with Crippen molar-refractivity contribution in [3.8, 4) is 5.88 Å². The largest absolute Gasteiger partial charge is 0.471 e. The third-order valence-electron chi connectivity index (χ3n) is 5.48. The summed E-state index contributed by atoms with van der Waals surface area (Å²) in [5.41, 5.74) is -0.698. The van der Waals surface area contributed by atoms with Gasteiger partial charge < -0.3 is 9.84 Å². The second-order valence-corrected chi connectivity index (χ2v) is 8.36. The Labute approximate surface area is 211 Å². The highest BCUT2D eigenvalue weighted by atomic mass is 35.5. The third-order valence-corrected chi connectivity index (χ3v) is 5.80. The van der Waals surface area contributed by atoms with Crippen molar-refractivity contribution in [3.63, 3.8) is 0 Å². The normalized spacial score (nSPS) is 11.2. The SMILES string of the molecule is CC(=O)n1c(=O)n(C(=O)CCO)c2ccc(Cn3cnc(OCc4ccc(F)cc4F)c(Cl)c3=O)cc21. The molecular weight excluding hydrogens is 514 g/mol. The lowest BCUT2D eigenvalue weighted by Crippen LogP contribution is -2.31. The van der Waals surface area contributed by atoms with E-state index in [0.29, 0.717) is 11.6 Å². The summed E-state index contributed by atoms with van der Waals surface area (Å²) in [6, 6.07) is 7.44. The minimum Gasteiger partial charge on any atom is -0.471 e. The summed E-state index contributed by atoms with van der Waals surface area (Å²) >= 11 is 6.12. The molecule has 0 unspecified atom stereocenters. The molecule has 2 aromatic carbocycles. The number of ether oxygens (including phenoxy) is 1. The Bertz CT molecular complexity index is 1660. The molecule has 0 radical (unpaired) electrons. The molecule has 0 bridgehead atoms. The average Bonchev–Trinajstić information content (AvgIpc) is 3.14. The smallest absolute Gasteiger partial charge is 0.342 e. The van der Waals surface area contributed by atoms with Gasteiger partial charge >= 0.3 is 5.69 Å². The van der Waals surface area contributed by atoms with E-state index in [1.807, 2.05) is 0 Å². The Morgan fingerprint density at radius 2 is 1.84 bits per heavy atom. The lowest BCUT2D eigenvalue weighted by Gasteiger charge is -2.11. The van der Waals surface area contributed by atoms with Gasteiger partial charge in [-0.05, 0) is 29.8 Å². The first-order chi connectivity index (χ1) is 17.6. The molecule has 1 N–H and O–H groups in total. The Morgan fingerprint density at radius 1 is 1.08 bits per heavy atom. The number of aliphatic hydroxyl groups is 1. The summed E-state index contributed by atoms with van der Waals surface area (Å²) in [6.45, 7) is 0.300. The predicted molar refractivity (Wildman–Crippen MR) is 128 cm³/mol. The second kappa shape index (κ2) is 10.4. The molecule has 2 heterocycles. The van der Waals surface area contributed by atoms with E-state index in [0.717, 1.165) is 26.1 Å². The van der Waals surface area contributed by atoms with Crippen molar-refractivity contribution < 1.29 is 28.2 Å². The number of imidazole rings is 1. The maximum Gasteiger partial charge on any atom is 0.342 e. The summed E-state index contributed by atoms with van der Waals surface area (Å²) < 4.78 is 35.0. The first kappa shape index (κ1) is 25.9. The maximum atomic E-state index is 13.8. The van der Waals surface area contributed by atoms with Crippen molar-refractivity contribution in [2.45, 2.75) is 26.5 Å². The van der Waals surface area contributed by atoms with Crippen molar-refractivity contribution in [1.29, 1.82) is 0 Å². The number of carbonyl (C=O) groups excluding carboxylic acids is 2. The predicted octanol–water partition coefficient (Wildman–Crippen LogP) is 2.60. The number of fused-ring (bicyclic) bond motifs is 1. The van der Waals surface area contributed by atoms with Gasteiger partial charge in [-0.25, -0.2) is 27.7 Å². The van der Waals surface area contributed by atoms with Crippen molar-refractivity contribution in [2.75, 3.05) is 6.61 Å². The van der Waals surface area contributed by atoms with Crippen molar-refractivity contribution in [3.05, 3.63) is 91.3 Å². The van der Waals surface area contributed by atoms with Crippen molar-refractivity contribution in [2.24, 2.45) is 0 Å². The third kappa shape index (κ3) is 5.06. The average molecular weight is 533 g/mol. The van der Waals surface area contributed by atoms with Gasteiger partial charge in [-0.2, -0.15) is 0 Å². The summed E-state index contributed by atoms with van der Waals surface area (Å²) in [6.07, 6.45) is 0.850. The van der Waals surface area contributed by atoms with Gasteiger partial charge in [0.1, 0.15) is 24.6 Å². The molecule has 0 fully saturated rings. The van der Waals surface area contributed by atoms with Gasteiger partial charge in [0.15, 0.2) is 5.02 Å². The van der Waals surface area contributed by atoms with Crippen LogP contribution < -0.4 is 16.0 Å². The number of aromatic nitrogens is 4. The molecule has 0 saturated carbocycles. The Balaban J connectivity index is 1.63. The quantitative estimate of drug-likeness (QED) is 0.388. The zero-order valence-corrected chi connectivity index (χ0v) is 20.0. The van der Waals surface area contributed by atoms with E-state index in [1.165, 1.54) is 25.1 Å². The highest BCUT2D eigenvalue weighted by Crippen LogP contribution is 2.21. The summed E-state index contributed by atoms with van der Waals surface area (Å²) in [4.78, 5) is 54.0. The monoisotopic (exact) mass is 532 g/mol. The van der Waals surface area contributed by atoms with Crippen LogP contribution in [0, 0.1) is 11.6 Å². The van der Waals surface area contributed by atoms with Crippen LogP contribution in [0.1, 0.15) is 34.1 Å². The summed E-state index contributed by atoms with van der Waals surface area (Å²) in [5, 5.41) is 8.70. The molecule has 10 nitrogen and oxygen atoms in total. The second-order valence-electron chi connectivity index (χ2n) is 7.98. The molecule has 0 saturated heterocycles. The molecule has 2 aromatic heterocycles. The number of carbonyl (C=O) groups is 2. The maximum absolute atomic E-state index is 13.8. The molecule has 0 aliphatic rings. The minimum atomic E-state index is -0.862. The fraction of sp³-hybridized carbons (Fsp3) is 0.208. The van der Waals surface area contributed by atoms with Crippen LogP contribution >= 0.6 is 11.6 Å². The van der Waals surface area contributed by atoms with E-state index in [1.54, 1.807) is 6.07 Å². The molecule has 37 heavy (non-hydrogen) atoms. The van der Waals surface area contributed by atoms with Gasteiger partial charge in [0, 0.05) is 18.6 Å². The first-order valence-corrected chi connectivity index (χ1v) is 11.2. The molecular formula is C24H19ClF2N4O6. The highest BCUT2D eigenvalue weighted by Gasteiger charge is 2.21. The van der Waals surface area contributed by atoms with Crippen molar-refractivity contribution in [1.82, 2.24) is 18.7 Å². The van der Waals surface area contributed by atoms with Crippen LogP contribution in [0.3, 0.4) is 0 Å². The van der Waals surface area contributed by atoms with Crippen molar-refractivity contribution >= 4 is 34.4 Å². The highest BCUT2D eigenvalue weighted by molar-refractivity contribution is 6.31. The Kier molecular flexibility index (Phi) is 7.32. The van der Waals surface area contributed by atoms with Crippen LogP contribution in [0.5, 0.6) is 5.88 Å². The van der Waals surface area contributed by atoms with Gasteiger partial charge in [-0.1, -0.05) is 17.7 Å². The van der Waals surface area contributed by atoms with Crippen LogP contribution in [0.2, 0.25) is 5.02 Å². The van der Waals surface area contributed by atoms with Crippen LogP contribution in [0.25, 0.3) is 11.0 Å². The van der Waals surface area contributed by atoms with E-state index in [-0.39, 0.29) is 47.1 Å². The van der Waals surface area contributed by atoms with Crippen LogP contribution in [0.4, 0.5) is 8.78 Å². The van der Waals surface area contributed by atoms with Crippen LogP contribution in [0.15, 0.2) is 52.3 Å². The first-order valence-electron chi connectivity index (χ1n) is 10.9. The van der Waals surface area contributed by atoms with Crippen LogP contribution in [-0.2, 0) is 13.2 Å². The Hall–Kier alpha value is -4.16. The van der Waals surface area contributed by atoms with Gasteiger partial charge in [-0.3, -0.25) is 19.0 Å². The number of hydrogen-bond acceptors (Lipinski definition) is 7. The topological polar surface area (TPSA) is 125 Å². The summed E-state index contributed by atoms with van der Waals surface area (Å²) in [7, 11) is 0. The zero-order valence-electron chi connectivity index (χ0n) is 19.3. The minimum absolute atomic E-state index is 0.0395. The van der Waals surface area contributed by atoms with Gasteiger partial charge in [0.05, 0.1) is 30.6 Å². The number of nitrogens with zero attached hydrogens (tertiary/aromatic N) is 4. The van der Waals surface area contributed by atoms with E-state index in [2.05, 4.69) is 4.98 Å². The lowest BCUT2D eigenvalue weighted by molar-refractivity contribution is 0.0874. The number of aliphatic hydroxyl groups excluding tert-OH is 1. The number of halogens is 3. The van der Waals surface area contributed by atoms with Crippen LogP contribution in [-0.4, -0.2) is 42.2 Å². The van der Waals surface area contributed by atoms with Gasteiger partial charge in [-0.15, -0.1) is 0 Å². The molecule has 0 aliphatic heterocycles. The van der Waals surface area contributed by atoms with E-state index < -0.39 is 41.3 Å². The van der Waals surface area contributed by atoms with E-state index in [9.17, 15) is 28.0 Å². The molecule has 0 amide bonds. The molecule has 0 atom stereocenters. The van der Waals surface area contributed by atoms with E-state index >= 15 is 0 Å². The van der Waals surface area contributed by atoms with E-state index in [4.69, 9.17) is 21.4 Å². The Morgan fingerprint density at radius 3 is 2.51 bits per heavy atom. The molecule has 4 aromatic rings. The molecule has 4 rings (SSSR count). The lowest BCUT2D eigenvalue weighted by atomic mass is 10.2. The number of hydrogen-bond donors (Lipinski definition) is 1. The molecule has 13 heteroatoms. The van der Waals surface area contributed by atoms with Gasteiger partial charge in [0.25, 0.3) is 5.56 Å². The molecule has 192 valence electrons. The summed E-state index contributed by atoms with van der Waals surface area (Å²) in [5.74, 6) is -3.10. The molecule has 0 spiro atoms. The number of rotatable bonds is 7.